The number of halogens is 1. The third-order valence-corrected chi connectivity index (χ3v) is 5.32. The molecule has 2 atom stereocenters. The number of hydrogen-bond donors (Lipinski definition) is 1. The number of anilines is 1. The first-order chi connectivity index (χ1) is 9.52. The minimum absolute atomic E-state index is 0.161. The van der Waals surface area contributed by atoms with Gasteiger partial charge in [0.15, 0.2) is 0 Å². The molecule has 0 saturated carbocycles. The van der Waals surface area contributed by atoms with Crippen molar-refractivity contribution in [1.29, 1.82) is 0 Å². The molecule has 1 saturated heterocycles. The zero-order chi connectivity index (χ0) is 14.7. The van der Waals surface area contributed by atoms with Gasteiger partial charge in [0.2, 0.25) is 5.91 Å². The number of amides is 1. The molecule has 2 rings (SSSR count). The van der Waals surface area contributed by atoms with Gasteiger partial charge in [-0.1, -0.05) is 17.7 Å². The van der Waals surface area contributed by atoms with Crippen LogP contribution in [0.15, 0.2) is 23.1 Å². The number of ether oxygens (including phenoxy) is 1. The van der Waals surface area contributed by atoms with Gasteiger partial charge in [-0.2, -0.15) is 0 Å². The average molecular weight is 317 g/mol. The van der Waals surface area contributed by atoms with Crippen LogP contribution in [0.1, 0.15) is 6.92 Å². The van der Waals surface area contributed by atoms with Gasteiger partial charge in [0.05, 0.1) is 33.9 Å². The van der Waals surface area contributed by atoms with Gasteiger partial charge in [-0.25, -0.2) is 0 Å². The Balaban J connectivity index is 2.17. The largest absolute Gasteiger partial charge is 0.398 e. The van der Waals surface area contributed by atoms with Crippen molar-refractivity contribution in [3.8, 4) is 0 Å². The SMILES string of the molecule is CC(C(=O)N1CCOCC1)S(=O)c1c(N)cccc1Cl. The van der Waals surface area contributed by atoms with Crippen LogP contribution in [0.4, 0.5) is 5.69 Å². The molecule has 1 aliphatic rings. The summed E-state index contributed by atoms with van der Waals surface area (Å²) in [5.74, 6) is -0.161. The van der Waals surface area contributed by atoms with Crippen LogP contribution >= 0.6 is 11.6 Å². The molecule has 20 heavy (non-hydrogen) atoms. The highest BCUT2D eigenvalue weighted by atomic mass is 35.5. The summed E-state index contributed by atoms with van der Waals surface area (Å²) in [5, 5.41) is -0.361. The topological polar surface area (TPSA) is 72.6 Å². The summed E-state index contributed by atoms with van der Waals surface area (Å²) in [5.41, 5.74) is 6.16. The molecule has 5 nitrogen and oxygen atoms in total. The summed E-state index contributed by atoms with van der Waals surface area (Å²) in [6.45, 7) is 3.71. The molecule has 1 aliphatic heterocycles. The second-order valence-corrected chi connectivity index (χ2v) is 6.65. The Morgan fingerprint density at radius 2 is 2.10 bits per heavy atom. The summed E-state index contributed by atoms with van der Waals surface area (Å²) in [7, 11) is -1.57. The van der Waals surface area contributed by atoms with Gasteiger partial charge in [-0.3, -0.25) is 9.00 Å². The minimum Gasteiger partial charge on any atom is -0.398 e. The van der Waals surface area contributed by atoms with E-state index in [4.69, 9.17) is 22.1 Å². The van der Waals surface area contributed by atoms with E-state index in [1.807, 2.05) is 0 Å². The number of morpholine rings is 1. The molecule has 0 bridgehead atoms. The molecular formula is C13H17ClN2O3S. The minimum atomic E-state index is -1.57. The van der Waals surface area contributed by atoms with Crippen molar-refractivity contribution in [3.63, 3.8) is 0 Å². The number of carbonyl (C=O) groups excluding carboxylic acids is 1. The predicted molar refractivity (Wildman–Crippen MR) is 79.1 cm³/mol. The van der Waals surface area contributed by atoms with Crippen LogP contribution in [-0.2, 0) is 20.3 Å². The van der Waals surface area contributed by atoms with E-state index in [2.05, 4.69) is 0 Å². The van der Waals surface area contributed by atoms with Gasteiger partial charge >= 0.3 is 0 Å². The molecule has 0 spiro atoms. The Labute approximate surface area is 125 Å². The van der Waals surface area contributed by atoms with Gasteiger partial charge in [-0.05, 0) is 19.1 Å². The molecule has 1 heterocycles. The van der Waals surface area contributed by atoms with Crippen LogP contribution < -0.4 is 5.73 Å². The lowest BCUT2D eigenvalue weighted by molar-refractivity contribution is -0.134. The number of nitrogens with two attached hydrogens (primary N) is 1. The molecule has 1 fully saturated rings. The maximum absolute atomic E-state index is 12.5. The predicted octanol–water partition coefficient (Wildman–Crippen LogP) is 1.28. The molecule has 1 aromatic carbocycles. The Morgan fingerprint density at radius 3 is 2.70 bits per heavy atom. The van der Waals surface area contributed by atoms with Crippen molar-refractivity contribution in [2.45, 2.75) is 17.1 Å². The zero-order valence-electron chi connectivity index (χ0n) is 11.2. The van der Waals surface area contributed by atoms with Crippen molar-refractivity contribution in [2.24, 2.45) is 0 Å². The maximum atomic E-state index is 12.5. The first-order valence-electron chi connectivity index (χ1n) is 6.33. The number of hydrogen-bond acceptors (Lipinski definition) is 4. The molecule has 2 N–H and O–H groups in total. The Bertz CT molecular complexity index is 512. The normalized spacial score (nSPS) is 18.6. The van der Waals surface area contributed by atoms with E-state index >= 15 is 0 Å². The molecule has 1 aromatic rings. The summed E-state index contributed by atoms with van der Waals surface area (Å²) < 4.78 is 17.7. The van der Waals surface area contributed by atoms with E-state index in [9.17, 15) is 9.00 Å². The fourth-order valence-electron chi connectivity index (χ4n) is 2.05. The summed E-state index contributed by atoms with van der Waals surface area (Å²) in [6.07, 6.45) is 0. The molecule has 0 aromatic heterocycles. The van der Waals surface area contributed by atoms with Crippen LogP contribution in [0.2, 0.25) is 5.02 Å². The Morgan fingerprint density at radius 1 is 1.45 bits per heavy atom. The lowest BCUT2D eigenvalue weighted by Gasteiger charge is -2.29. The molecule has 110 valence electrons. The molecule has 0 aliphatic carbocycles. The summed E-state index contributed by atoms with van der Waals surface area (Å²) >= 11 is 6.04. The zero-order valence-corrected chi connectivity index (χ0v) is 12.7. The molecule has 1 amide bonds. The number of rotatable bonds is 3. The number of nitrogen functional groups attached to an aromatic ring is 1. The lowest BCUT2D eigenvalue weighted by Crippen LogP contribution is -2.46. The standard InChI is InChI=1S/C13H17ClN2O3S/c1-9(13(17)16-5-7-19-8-6-16)20(18)12-10(14)3-2-4-11(12)15/h2-4,9H,5-8,15H2,1H3. The maximum Gasteiger partial charge on any atom is 0.238 e. The highest BCUT2D eigenvalue weighted by molar-refractivity contribution is 7.86. The second kappa shape index (κ2) is 6.56. The van der Waals surface area contributed by atoms with Crippen molar-refractivity contribution >= 4 is 34.0 Å². The third kappa shape index (κ3) is 3.13. The smallest absolute Gasteiger partial charge is 0.238 e. The van der Waals surface area contributed by atoms with Crippen LogP contribution in [0.5, 0.6) is 0 Å². The first kappa shape index (κ1) is 15.3. The third-order valence-electron chi connectivity index (χ3n) is 3.19. The summed E-state index contributed by atoms with van der Waals surface area (Å²) in [6, 6.07) is 4.94. The van der Waals surface area contributed by atoms with Crippen molar-refractivity contribution in [2.75, 3.05) is 32.0 Å². The van der Waals surface area contributed by atoms with Gasteiger partial charge in [0, 0.05) is 18.8 Å². The van der Waals surface area contributed by atoms with E-state index in [0.29, 0.717) is 41.9 Å². The second-order valence-electron chi connectivity index (χ2n) is 4.54. The van der Waals surface area contributed by atoms with E-state index in [1.165, 1.54) is 0 Å². The van der Waals surface area contributed by atoms with Crippen LogP contribution in [0.25, 0.3) is 0 Å². The average Bonchev–Trinajstić information content (AvgIpc) is 2.46. The van der Waals surface area contributed by atoms with Crippen LogP contribution in [0.3, 0.4) is 0 Å². The van der Waals surface area contributed by atoms with Gasteiger partial charge in [0.1, 0.15) is 5.25 Å². The quantitative estimate of drug-likeness (QED) is 0.853. The van der Waals surface area contributed by atoms with Gasteiger partial charge in [0.25, 0.3) is 0 Å². The highest BCUT2D eigenvalue weighted by Gasteiger charge is 2.29. The number of benzene rings is 1. The molecule has 2 unspecified atom stereocenters. The monoisotopic (exact) mass is 316 g/mol. The van der Waals surface area contributed by atoms with Gasteiger partial charge < -0.3 is 15.4 Å². The van der Waals surface area contributed by atoms with Crippen LogP contribution in [0, 0.1) is 0 Å². The Kier molecular flexibility index (Phi) is 5.01. The van der Waals surface area contributed by atoms with Crippen molar-refractivity contribution in [1.82, 2.24) is 4.90 Å². The van der Waals surface area contributed by atoms with E-state index in [0.717, 1.165) is 0 Å². The van der Waals surface area contributed by atoms with Crippen molar-refractivity contribution in [3.05, 3.63) is 23.2 Å². The number of carbonyl (C=O) groups is 1. The van der Waals surface area contributed by atoms with E-state index in [-0.39, 0.29) is 5.91 Å². The van der Waals surface area contributed by atoms with E-state index in [1.54, 1.807) is 30.0 Å². The highest BCUT2D eigenvalue weighted by Crippen LogP contribution is 2.28. The fraction of sp³-hybridized carbons (Fsp3) is 0.462. The number of nitrogens with zero attached hydrogens (tertiary/aromatic N) is 1. The molecule has 7 heteroatoms. The van der Waals surface area contributed by atoms with Crippen LogP contribution in [-0.4, -0.2) is 46.6 Å². The van der Waals surface area contributed by atoms with Crippen molar-refractivity contribution < 1.29 is 13.7 Å². The van der Waals surface area contributed by atoms with Gasteiger partial charge in [-0.15, -0.1) is 0 Å². The molecule has 0 radical (unpaired) electrons. The first-order valence-corrected chi connectivity index (χ1v) is 7.92. The van der Waals surface area contributed by atoms with E-state index < -0.39 is 16.0 Å². The summed E-state index contributed by atoms with van der Waals surface area (Å²) in [4.78, 5) is 14.3. The lowest BCUT2D eigenvalue weighted by atomic mass is 10.3. The fourth-order valence-corrected chi connectivity index (χ4v) is 3.70. The Hall–Kier alpha value is -1.11. The molecular weight excluding hydrogens is 300 g/mol.